The third-order valence-corrected chi connectivity index (χ3v) is 5.77. The molecule has 1 saturated heterocycles. The topological polar surface area (TPSA) is 122 Å². The van der Waals surface area contributed by atoms with E-state index in [-0.39, 0.29) is 45.4 Å². The molecule has 0 bridgehead atoms. The van der Waals surface area contributed by atoms with Crippen LogP contribution in [-0.4, -0.2) is 68.8 Å². The summed E-state index contributed by atoms with van der Waals surface area (Å²) in [5.41, 5.74) is -0.916. The van der Waals surface area contributed by atoms with E-state index in [1.54, 1.807) is 7.05 Å². The summed E-state index contributed by atoms with van der Waals surface area (Å²) in [5.74, 6) is -1.01. The van der Waals surface area contributed by atoms with Crippen molar-refractivity contribution in [1.82, 2.24) is 29.8 Å². The largest absolute Gasteiger partial charge is 0.378 e. The molecule has 6 rings (SSSR count). The highest BCUT2D eigenvalue weighted by Gasteiger charge is 2.39. The Labute approximate surface area is 212 Å². The van der Waals surface area contributed by atoms with Crippen LogP contribution in [0.1, 0.15) is 25.7 Å². The van der Waals surface area contributed by atoms with Crippen molar-refractivity contribution in [2.75, 3.05) is 48.7 Å². The van der Waals surface area contributed by atoms with Crippen molar-refractivity contribution in [2.45, 2.75) is 13.3 Å². The summed E-state index contributed by atoms with van der Waals surface area (Å²) in [4.78, 5) is 21.0. The van der Waals surface area contributed by atoms with Gasteiger partial charge in [0.2, 0.25) is 5.91 Å². The first-order valence-electron chi connectivity index (χ1n) is 15.1. The van der Waals surface area contributed by atoms with Crippen molar-refractivity contribution < 1.29 is 26.3 Å². The molecular weight excluding hydrogens is 453 g/mol. The van der Waals surface area contributed by atoms with Crippen LogP contribution in [0.2, 0.25) is 0 Å². The number of morpholine rings is 1. The monoisotopic (exact) mass is 486 g/mol. The zero-order chi connectivity index (χ0) is 32.1. The summed E-state index contributed by atoms with van der Waals surface area (Å²) < 4.78 is 94.3. The number of pyridine rings is 2. The zero-order valence-electron chi connectivity index (χ0n) is 27.4. The van der Waals surface area contributed by atoms with Gasteiger partial charge in [-0.2, -0.15) is 0 Å². The van der Waals surface area contributed by atoms with Gasteiger partial charge in [-0.15, -0.1) is 15.3 Å². The molecule has 5 heterocycles. The summed E-state index contributed by atoms with van der Waals surface area (Å²) in [6.07, 6.45) is 1.28. The molecular formula is C23H24FN9O2. The van der Waals surface area contributed by atoms with Crippen LogP contribution >= 0.6 is 0 Å². The summed E-state index contributed by atoms with van der Waals surface area (Å²) >= 11 is 0. The van der Waals surface area contributed by atoms with Crippen LogP contribution in [0.3, 0.4) is 0 Å². The summed E-state index contributed by atoms with van der Waals surface area (Å²) in [7, 11) is 1.60. The predicted molar refractivity (Wildman–Crippen MR) is 128 cm³/mol. The number of anilines is 3. The second kappa shape index (κ2) is 8.38. The first-order chi connectivity index (χ1) is 20.4. The maximum Gasteiger partial charge on any atom is 0.228 e. The molecule has 1 aliphatic carbocycles. The maximum absolute atomic E-state index is 15.6. The van der Waals surface area contributed by atoms with Gasteiger partial charge in [-0.3, -0.25) is 4.79 Å². The number of hydrogen-bond acceptors (Lipinski definition) is 9. The standard InChI is InChI=1S/C23H24FN9O2/c1-12-7-14(12)23(34)27-18-9-15-16(10-26-21(25-2)19(15)30-29-18)20-28-22-17(24)8-13(11-33(22)31-20)32-3-5-35-6-4-32/h8-12,14H,3-7H2,1-2H3,(H,25,26)(H,27,29,34)/t12-,14+/m1/s1/i3D2,4D2,5D2,6D2,11D. The smallest absolute Gasteiger partial charge is 0.228 e. The number of nitrogens with one attached hydrogen (secondary N) is 2. The van der Waals surface area contributed by atoms with Gasteiger partial charge in [0, 0.05) is 49.2 Å². The van der Waals surface area contributed by atoms with E-state index in [1.807, 2.05) is 6.92 Å². The molecule has 1 aliphatic heterocycles. The summed E-state index contributed by atoms with van der Waals surface area (Å²) in [6, 6.07) is 2.07. The first kappa shape index (κ1) is 13.8. The van der Waals surface area contributed by atoms with Crippen molar-refractivity contribution >= 4 is 39.8 Å². The fourth-order valence-corrected chi connectivity index (χ4v) is 3.77. The van der Waals surface area contributed by atoms with Crippen LogP contribution in [-0.2, 0) is 9.53 Å². The van der Waals surface area contributed by atoms with Gasteiger partial charge in [-0.25, -0.2) is 18.9 Å². The van der Waals surface area contributed by atoms with E-state index in [2.05, 4.69) is 40.6 Å². The van der Waals surface area contributed by atoms with E-state index in [9.17, 15) is 4.79 Å². The minimum Gasteiger partial charge on any atom is -0.378 e. The van der Waals surface area contributed by atoms with Crippen LogP contribution in [0.15, 0.2) is 24.5 Å². The third-order valence-electron chi connectivity index (χ3n) is 5.77. The molecule has 2 fully saturated rings. The van der Waals surface area contributed by atoms with Crippen LogP contribution in [0.5, 0.6) is 0 Å². The molecule has 0 spiro atoms. The number of fused-ring (bicyclic) bond motifs is 2. The fourth-order valence-electron chi connectivity index (χ4n) is 3.77. The Morgan fingerprint density at radius 3 is 2.86 bits per heavy atom. The maximum atomic E-state index is 15.6. The Bertz CT molecular complexity index is 1830. The molecule has 35 heavy (non-hydrogen) atoms. The second-order valence-corrected chi connectivity index (χ2v) is 8.10. The number of halogens is 1. The lowest BCUT2D eigenvalue weighted by atomic mass is 10.1. The molecule has 1 amide bonds. The van der Waals surface area contributed by atoms with E-state index >= 15 is 4.39 Å². The molecule has 1 saturated carbocycles. The minimum atomic E-state index is -3.42. The molecule has 180 valence electrons. The van der Waals surface area contributed by atoms with Gasteiger partial charge in [0.15, 0.2) is 28.9 Å². The number of carbonyl (C=O) groups excluding carboxylic acids is 1. The van der Waals surface area contributed by atoms with E-state index < -0.39 is 49.4 Å². The average Bonchev–Trinajstić information content (AvgIpc) is 3.49. The minimum absolute atomic E-state index is 0.000354. The number of nitrogens with zero attached hydrogens (tertiary/aromatic N) is 7. The van der Waals surface area contributed by atoms with E-state index in [0.29, 0.717) is 21.8 Å². The molecule has 12 heteroatoms. The molecule has 0 aromatic carbocycles. The highest BCUT2D eigenvalue weighted by molar-refractivity contribution is 6.01. The SMILES string of the molecule is [2H]c1c(N2C([2H])([2H])C([2H])([2H])OC([2H])([2H])C2([2H])[2H])cc(F)c2nc(-c3cnc(NC)c4nnc(NC(=O)[C@H]5C[C@H]5C)cc34)nn12. The van der Waals surface area contributed by atoms with Gasteiger partial charge >= 0.3 is 0 Å². The van der Waals surface area contributed by atoms with Crippen LogP contribution < -0.4 is 15.5 Å². The number of hydrogen-bond donors (Lipinski definition) is 2. The zero-order valence-corrected chi connectivity index (χ0v) is 18.4. The van der Waals surface area contributed by atoms with Gasteiger partial charge in [0.25, 0.3) is 0 Å². The molecule has 11 nitrogen and oxygen atoms in total. The van der Waals surface area contributed by atoms with Crippen molar-refractivity contribution in [3.8, 4) is 11.4 Å². The van der Waals surface area contributed by atoms with Crippen molar-refractivity contribution in [3.05, 3.63) is 30.3 Å². The predicted octanol–water partition coefficient (Wildman–Crippen LogP) is 2.35. The van der Waals surface area contributed by atoms with E-state index in [4.69, 9.17) is 12.3 Å². The van der Waals surface area contributed by atoms with Crippen molar-refractivity contribution in [1.29, 1.82) is 0 Å². The van der Waals surface area contributed by atoms with Crippen LogP contribution in [0, 0.1) is 17.7 Å². The molecule has 2 N–H and O–H groups in total. The Balaban J connectivity index is 1.51. The number of ether oxygens (including phenoxy) is 1. The lowest BCUT2D eigenvalue weighted by Gasteiger charge is -2.28. The molecule has 4 aromatic rings. The van der Waals surface area contributed by atoms with Gasteiger partial charge < -0.3 is 20.3 Å². The molecule has 0 radical (unpaired) electrons. The lowest BCUT2D eigenvalue weighted by molar-refractivity contribution is -0.117. The van der Waals surface area contributed by atoms with Gasteiger partial charge in [0.1, 0.15) is 5.52 Å². The van der Waals surface area contributed by atoms with Crippen LogP contribution in [0.4, 0.5) is 21.7 Å². The Kier molecular flexibility index (Phi) is 3.31. The normalized spacial score (nSPS) is 29.3. The Morgan fingerprint density at radius 1 is 1.31 bits per heavy atom. The molecule has 2 atom stereocenters. The Hall–Kier alpha value is -3.93. The number of carbonyl (C=O) groups is 1. The highest BCUT2D eigenvalue weighted by Crippen LogP contribution is 2.38. The molecule has 4 aromatic heterocycles. The van der Waals surface area contributed by atoms with E-state index in [1.165, 1.54) is 12.3 Å². The summed E-state index contributed by atoms with van der Waals surface area (Å²) in [5, 5.41) is 18.4. The summed E-state index contributed by atoms with van der Waals surface area (Å²) in [6.45, 7) is -11.7. The number of rotatable bonds is 5. The molecule has 2 aliphatic rings. The number of amides is 1. The Morgan fingerprint density at radius 2 is 2.11 bits per heavy atom. The van der Waals surface area contributed by atoms with Gasteiger partial charge in [0.05, 0.1) is 37.3 Å². The van der Waals surface area contributed by atoms with Crippen LogP contribution in [0.25, 0.3) is 27.9 Å². The first-order valence-corrected chi connectivity index (χ1v) is 10.6. The quantitative estimate of drug-likeness (QED) is 0.438. The average molecular weight is 487 g/mol. The fraction of sp³-hybridized carbons (Fsp3) is 0.391. The lowest BCUT2D eigenvalue weighted by Crippen LogP contribution is -2.36. The van der Waals surface area contributed by atoms with Crippen molar-refractivity contribution in [3.63, 3.8) is 0 Å². The van der Waals surface area contributed by atoms with E-state index in [0.717, 1.165) is 6.42 Å². The third kappa shape index (κ3) is 3.89. The van der Waals surface area contributed by atoms with Crippen molar-refractivity contribution in [2.24, 2.45) is 11.8 Å². The molecule has 0 unspecified atom stereocenters. The number of aromatic nitrogens is 6. The highest BCUT2D eigenvalue weighted by atomic mass is 19.1. The van der Waals surface area contributed by atoms with Gasteiger partial charge in [-0.05, 0) is 18.4 Å². The van der Waals surface area contributed by atoms with Gasteiger partial charge in [-0.1, -0.05) is 6.92 Å². The second-order valence-electron chi connectivity index (χ2n) is 8.10.